The third-order valence-electron chi connectivity index (χ3n) is 6.57. The highest BCUT2D eigenvalue weighted by molar-refractivity contribution is 6.00. The molecule has 1 amide bonds. The summed E-state index contributed by atoms with van der Waals surface area (Å²) in [5.74, 6) is 2.33. The lowest BCUT2D eigenvalue weighted by Gasteiger charge is -2.26. The number of amides is 1. The number of hydrogen-bond donors (Lipinski definition) is 3. The maximum absolute atomic E-state index is 13.0. The van der Waals surface area contributed by atoms with E-state index in [0.717, 1.165) is 41.7 Å². The van der Waals surface area contributed by atoms with Crippen LogP contribution < -0.4 is 20.1 Å². The molecule has 0 saturated heterocycles. The van der Waals surface area contributed by atoms with E-state index in [0.29, 0.717) is 37.0 Å². The van der Waals surface area contributed by atoms with Gasteiger partial charge in [0.1, 0.15) is 36.7 Å². The van der Waals surface area contributed by atoms with E-state index < -0.39 is 0 Å². The van der Waals surface area contributed by atoms with Crippen LogP contribution in [0.4, 0.5) is 5.82 Å². The molecule has 0 bridgehead atoms. The van der Waals surface area contributed by atoms with Gasteiger partial charge in [-0.1, -0.05) is 19.9 Å². The summed E-state index contributed by atoms with van der Waals surface area (Å²) in [7, 11) is 1.68. The predicted molar refractivity (Wildman–Crippen MR) is 128 cm³/mol. The number of nitrogens with one attached hydrogen (secondary N) is 3. The molecule has 1 aromatic carbocycles. The van der Waals surface area contributed by atoms with Crippen molar-refractivity contribution in [3.05, 3.63) is 41.9 Å². The molecule has 0 radical (unpaired) electrons. The fourth-order valence-electron chi connectivity index (χ4n) is 4.41. The van der Waals surface area contributed by atoms with Crippen molar-refractivity contribution in [1.82, 2.24) is 20.3 Å². The Kier molecular flexibility index (Phi) is 6.03. The van der Waals surface area contributed by atoms with Crippen molar-refractivity contribution in [3.63, 3.8) is 0 Å². The summed E-state index contributed by atoms with van der Waals surface area (Å²) in [5.41, 5.74) is 2.02. The van der Waals surface area contributed by atoms with Crippen molar-refractivity contribution >= 4 is 22.8 Å². The highest BCUT2D eigenvalue weighted by Gasteiger charge is 2.43. The zero-order valence-electron chi connectivity index (χ0n) is 19.8. The van der Waals surface area contributed by atoms with E-state index in [1.807, 2.05) is 18.2 Å². The van der Waals surface area contributed by atoms with Crippen molar-refractivity contribution in [1.29, 1.82) is 0 Å². The monoisotopic (exact) mass is 465 g/mol. The van der Waals surface area contributed by atoms with E-state index in [2.05, 4.69) is 45.5 Å². The van der Waals surface area contributed by atoms with Gasteiger partial charge in [-0.3, -0.25) is 4.79 Å². The largest absolute Gasteiger partial charge is 0.486 e. The average Bonchev–Trinajstić information content (AvgIpc) is 3.45. The summed E-state index contributed by atoms with van der Waals surface area (Å²) in [5, 5.41) is 7.51. The van der Waals surface area contributed by atoms with Crippen LogP contribution in [0.15, 0.2) is 30.6 Å². The number of anilines is 1. The zero-order valence-corrected chi connectivity index (χ0v) is 19.8. The number of benzene rings is 1. The van der Waals surface area contributed by atoms with Crippen LogP contribution in [0.1, 0.15) is 55.2 Å². The van der Waals surface area contributed by atoms with Crippen molar-refractivity contribution < 1.29 is 19.0 Å². The molecule has 180 valence electrons. The predicted octanol–water partition coefficient (Wildman–Crippen LogP) is 3.84. The SMILES string of the molecule is COCCC1(NC(=O)c2cc3c(N[C@@H](c4ccc5c(c4)OCCO5)C(C)C)ncnc3[nH]2)CC1. The number of carbonyl (C=O) groups excluding carboxylic acids is 1. The first kappa shape index (κ1) is 22.5. The summed E-state index contributed by atoms with van der Waals surface area (Å²) in [6, 6.07) is 7.82. The second kappa shape index (κ2) is 9.13. The van der Waals surface area contributed by atoms with Gasteiger partial charge in [0.05, 0.1) is 11.4 Å². The minimum absolute atomic E-state index is 0.0233. The fourth-order valence-corrected chi connectivity index (χ4v) is 4.41. The van der Waals surface area contributed by atoms with Crippen LogP contribution >= 0.6 is 0 Å². The van der Waals surface area contributed by atoms with Gasteiger partial charge in [-0.05, 0) is 48.9 Å². The van der Waals surface area contributed by atoms with Crippen LogP contribution in [0.5, 0.6) is 11.5 Å². The normalized spacial score (nSPS) is 16.9. The van der Waals surface area contributed by atoms with Crippen LogP contribution in [-0.4, -0.2) is 53.3 Å². The number of ether oxygens (including phenoxy) is 3. The number of carbonyl (C=O) groups is 1. The minimum Gasteiger partial charge on any atom is -0.486 e. The van der Waals surface area contributed by atoms with E-state index in [-0.39, 0.29) is 23.4 Å². The fraction of sp³-hybridized carbons (Fsp3) is 0.480. The molecule has 1 aliphatic carbocycles. The van der Waals surface area contributed by atoms with Gasteiger partial charge in [-0.15, -0.1) is 0 Å². The Labute approximate surface area is 198 Å². The smallest absolute Gasteiger partial charge is 0.268 e. The number of hydrogen-bond acceptors (Lipinski definition) is 7. The first-order valence-corrected chi connectivity index (χ1v) is 11.8. The molecule has 1 saturated carbocycles. The molecular formula is C25H31N5O4. The Morgan fingerprint density at radius 1 is 1.18 bits per heavy atom. The topological polar surface area (TPSA) is 110 Å². The molecule has 9 nitrogen and oxygen atoms in total. The standard InChI is InChI=1S/C25H31N5O4/c1-15(2)21(16-4-5-19-20(12-16)34-11-10-33-19)29-23-17-13-18(28-22(17)26-14-27-23)24(31)30-25(6-7-25)8-9-32-3/h4-5,12-15,21H,6-11H2,1-3H3,(H,30,31)(H2,26,27,28,29)/t21-/m1/s1. The Hall–Kier alpha value is -3.33. The molecule has 2 aromatic heterocycles. The van der Waals surface area contributed by atoms with Crippen molar-refractivity contribution in [2.45, 2.75) is 44.7 Å². The number of H-pyrrole nitrogens is 1. The molecule has 3 N–H and O–H groups in total. The second-order valence-electron chi connectivity index (χ2n) is 9.41. The van der Waals surface area contributed by atoms with E-state index in [1.165, 1.54) is 6.33 Å². The van der Waals surface area contributed by atoms with Gasteiger partial charge >= 0.3 is 0 Å². The summed E-state index contributed by atoms with van der Waals surface area (Å²) >= 11 is 0. The van der Waals surface area contributed by atoms with Gasteiger partial charge < -0.3 is 29.8 Å². The molecule has 3 heterocycles. The van der Waals surface area contributed by atoms with Gasteiger partial charge in [0.2, 0.25) is 0 Å². The Morgan fingerprint density at radius 3 is 2.71 bits per heavy atom. The van der Waals surface area contributed by atoms with Crippen molar-refractivity contribution in [2.24, 2.45) is 5.92 Å². The quantitative estimate of drug-likeness (QED) is 0.440. The van der Waals surface area contributed by atoms with Gasteiger partial charge in [0.15, 0.2) is 11.5 Å². The number of nitrogens with zero attached hydrogens (tertiary/aromatic N) is 2. The van der Waals surface area contributed by atoms with Crippen molar-refractivity contribution in [3.8, 4) is 11.5 Å². The van der Waals surface area contributed by atoms with Gasteiger partial charge in [-0.2, -0.15) is 0 Å². The maximum Gasteiger partial charge on any atom is 0.268 e. The highest BCUT2D eigenvalue weighted by Crippen LogP contribution is 2.39. The number of rotatable bonds is 9. The lowest BCUT2D eigenvalue weighted by molar-refractivity contribution is 0.0912. The number of aromatic amines is 1. The maximum atomic E-state index is 13.0. The Bertz CT molecular complexity index is 1190. The van der Waals surface area contributed by atoms with Crippen molar-refractivity contribution in [2.75, 3.05) is 32.2 Å². The molecule has 34 heavy (non-hydrogen) atoms. The molecule has 1 fully saturated rings. The molecular weight excluding hydrogens is 434 g/mol. The van der Waals surface area contributed by atoms with Crippen LogP contribution in [0.2, 0.25) is 0 Å². The lowest BCUT2D eigenvalue weighted by atomic mass is 9.95. The first-order chi connectivity index (χ1) is 16.5. The zero-order chi connectivity index (χ0) is 23.7. The van der Waals surface area contributed by atoms with Gasteiger partial charge in [0.25, 0.3) is 5.91 Å². The van der Waals surface area contributed by atoms with Crippen LogP contribution in [-0.2, 0) is 4.74 Å². The molecule has 1 aliphatic heterocycles. The summed E-state index contributed by atoms with van der Waals surface area (Å²) in [6.45, 7) is 6.04. The van der Waals surface area contributed by atoms with Gasteiger partial charge in [-0.25, -0.2) is 9.97 Å². The van der Waals surface area contributed by atoms with Crippen LogP contribution in [0.25, 0.3) is 11.0 Å². The molecule has 2 aliphatic rings. The summed E-state index contributed by atoms with van der Waals surface area (Å²) < 4.78 is 16.6. The Morgan fingerprint density at radius 2 is 1.97 bits per heavy atom. The number of fused-ring (bicyclic) bond motifs is 2. The van der Waals surface area contributed by atoms with Crippen LogP contribution in [0.3, 0.4) is 0 Å². The van der Waals surface area contributed by atoms with Crippen LogP contribution in [0, 0.1) is 5.92 Å². The molecule has 0 spiro atoms. The van der Waals surface area contributed by atoms with E-state index >= 15 is 0 Å². The summed E-state index contributed by atoms with van der Waals surface area (Å²) in [6.07, 6.45) is 4.26. The highest BCUT2D eigenvalue weighted by atomic mass is 16.6. The molecule has 5 rings (SSSR count). The number of methoxy groups -OCH3 is 1. The number of aromatic nitrogens is 3. The first-order valence-electron chi connectivity index (χ1n) is 11.8. The third-order valence-corrected chi connectivity index (χ3v) is 6.57. The molecule has 0 unspecified atom stereocenters. The molecule has 9 heteroatoms. The molecule has 1 atom stereocenters. The van der Waals surface area contributed by atoms with Gasteiger partial charge in [0, 0.05) is 19.3 Å². The average molecular weight is 466 g/mol. The Balaban J connectivity index is 1.39. The second-order valence-corrected chi connectivity index (χ2v) is 9.41. The van der Waals surface area contributed by atoms with E-state index in [1.54, 1.807) is 7.11 Å². The lowest BCUT2D eigenvalue weighted by Crippen LogP contribution is -2.37. The summed E-state index contributed by atoms with van der Waals surface area (Å²) in [4.78, 5) is 25.0. The minimum atomic E-state index is -0.155. The third kappa shape index (κ3) is 4.52. The van der Waals surface area contributed by atoms with E-state index in [9.17, 15) is 4.79 Å². The molecule has 3 aromatic rings. The van der Waals surface area contributed by atoms with E-state index in [4.69, 9.17) is 14.2 Å².